The highest BCUT2D eigenvalue weighted by Gasteiger charge is 1.98. The van der Waals surface area contributed by atoms with E-state index in [0.717, 1.165) is 11.4 Å². The predicted molar refractivity (Wildman–Crippen MR) is 62.0 cm³/mol. The van der Waals surface area contributed by atoms with Gasteiger partial charge in [0, 0.05) is 11.4 Å². The lowest BCUT2D eigenvalue weighted by Gasteiger charge is -1.90. The van der Waals surface area contributed by atoms with Crippen LogP contribution in [-0.2, 0) is 10.1 Å². The van der Waals surface area contributed by atoms with Gasteiger partial charge >= 0.3 is 0 Å². The van der Waals surface area contributed by atoms with E-state index < -0.39 is 10.1 Å². The first-order valence-electron chi connectivity index (χ1n) is 4.41. The number of nitrogens with two attached hydrogens (primary N) is 2. The van der Waals surface area contributed by atoms with Crippen LogP contribution >= 0.6 is 0 Å². The van der Waals surface area contributed by atoms with Crippen molar-refractivity contribution in [3.05, 3.63) is 24.3 Å². The fourth-order valence-electron chi connectivity index (χ4n) is 0.754. The molecule has 0 aromatic heterocycles. The molecule has 15 heavy (non-hydrogen) atoms. The summed E-state index contributed by atoms with van der Waals surface area (Å²) < 4.78 is 27.6. The molecule has 86 valence electrons. The topological polar surface area (TPSA) is 106 Å². The lowest BCUT2D eigenvalue weighted by Crippen LogP contribution is -2.01. The van der Waals surface area contributed by atoms with Crippen molar-refractivity contribution in [2.45, 2.75) is 13.3 Å². The minimum absolute atomic E-state index is 0.132. The monoisotopic (exact) mass is 232 g/mol. The van der Waals surface area contributed by atoms with E-state index in [2.05, 4.69) is 0 Å². The molecule has 0 heterocycles. The Labute approximate surface area is 89.8 Å². The predicted octanol–water partition coefficient (Wildman–Crippen LogP) is 1.14. The molecule has 0 saturated carbocycles. The van der Waals surface area contributed by atoms with Crippen molar-refractivity contribution in [1.29, 1.82) is 0 Å². The Hall–Kier alpha value is -1.27. The second-order valence-corrected chi connectivity index (χ2v) is 4.52. The van der Waals surface area contributed by atoms with Gasteiger partial charge in [-0.25, -0.2) is 0 Å². The fraction of sp³-hybridized carbons (Fsp3) is 0.333. The summed E-state index contributed by atoms with van der Waals surface area (Å²) >= 11 is 0. The molecular formula is C9H16N2O3S. The van der Waals surface area contributed by atoms with Gasteiger partial charge in [0.15, 0.2) is 0 Å². The average molecular weight is 232 g/mol. The maximum Gasteiger partial charge on any atom is 0.264 e. The number of anilines is 2. The Morgan fingerprint density at radius 1 is 1.13 bits per heavy atom. The number of nitrogen functional groups attached to an aromatic ring is 2. The number of rotatable bonds is 2. The Balaban J connectivity index is 0.000000265. The van der Waals surface area contributed by atoms with Gasteiger partial charge in [-0.3, -0.25) is 4.55 Å². The Kier molecular flexibility index (Phi) is 5.73. The quantitative estimate of drug-likeness (QED) is 0.523. The summed E-state index contributed by atoms with van der Waals surface area (Å²) in [7, 11) is -3.67. The SMILES string of the molecule is CCCS(=O)(=O)O.Nc1ccc(N)cc1. The third kappa shape index (κ3) is 9.04. The zero-order valence-electron chi connectivity index (χ0n) is 8.55. The molecule has 0 bridgehead atoms. The molecule has 0 aliphatic rings. The van der Waals surface area contributed by atoms with Crippen LogP contribution in [0.15, 0.2) is 24.3 Å². The van der Waals surface area contributed by atoms with Crippen molar-refractivity contribution in [3.63, 3.8) is 0 Å². The smallest absolute Gasteiger partial charge is 0.264 e. The molecule has 0 unspecified atom stereocenters. The molecule has 0 radical (unpaired) electrons. The number of hydrogen-bond donors (Lipinski definition) is 3. The van der Waals surface area contributed by atoms with E-state index in [0.29, 0.717) is 6.42 Å². The van der Waals surface area contributed by atoms with Crippen LogP contribution < -0.4 is 11.5 Å². The van der Waals surface area contributed by atoms with Crippen LogP contribution in [0, 0.1) is 0 Å². The van der Waals surface area contributed by atoms with E-state index in [9.17, 15) is 8.42 Å². The molecule has 0 aliphatic carbocycles. The minimum Gasteiger partial charge on any atom is -0.399 e. The Morgan fingerprint density at radius 2 is 1.47 bits per heavy atom. The molecule has 0 fully saturated rings. The molecule has 0 amide bonds. The maximum absolute atomic E-state index is 9.79. The van der Waals surface area contributed by atoms with Gasteiger partial charge in [0.05, 0.1) is 5.75 Å². The highest BCUT2D eigenvalue weighted by Crippen LogP contribution is 2.04. The van der Waals surface area contributed by atoms with E-state index >= 15 is 0 Å². The first kappa shape index (κ1) is 13.7. The van der Waals surface area contributed by atoms with Crippen molar-refractivity contribution >= 4 is 21.5 Å². The zero-order valence-corrected chi connectivity index (χ0v) is 9.37. The van der Waals surface area contributed by atoms with Crippen molar-refractivity contribution in [1.82, 2.24) is 0 Å². The molecule has 0 spiro atoms. The summed E-state index contributed by atoms with van der Waals surface area (Å²) in [6, 6.07) is 7.09. The summed E-state index contributed by atoms with van der Waals surface area (Å²) in [6.07, 6.45) is 0.471. The van der Waals surface area contributed by atoms with Gasteiger partial charge in [0.2, 0.25) is 0 Å². The van der Waals surface area contributed by atoms with Gasteiger partial charge in [0.1, 0.15) is 0 Å². The number of hydrogen-bond acceptors (Lipinski definition) is 4. The molecule has 1 aromatic rings. The van der Waals surface area contributed by atoms with Gasteiger partial charge in [0.25, 0.3) is 10.1 Å². The molecule has 6 heteroatoms. The van der Waals surface area contributed by atoms with Crippen LogP contribution in [0.3, 0.4) is 0 Å². The van der Waals surface area contributed by atoms with Crippen molar-refractivity contribution in [2.75, 3.05) is 17.2 Å². The lowest BCUT2D eigenvalue weighted by molar-refractivity contribution is 0.482. The van der Waals surface area contributed by atoms with Crippen LogP contribution in [0.25, 0.3) is 0 Å². The molecule has 0 atom stereocenters. The third-order valence-electron chi connectivity index (χ3n) is 1.40. The van der Waals surface area contributed by atoms with Crippen LogP contribution in [-0.4, -0.2) is 18.7 Å². The van der Waals surface area contributed by atoms with E-state index in [4.69, 9.17) is 16.0 Å². The average Bonchev–Trinajstić information content (AvgIpc) is 2.09. The van der Waals surface area contributed by atoms with Gasteiger partial charge in [-0.05, 0) is 30.7 Å². The molecule has 0 saturated heterocycles. The highest BCUT2D eigenvalue weighted by atomic mass is 32.2. The molecule has 0 aliphatic heterocycles. The van der Waals surface area contributed by atoms with Gasteiger partial charge < -0.3 is 11.5 Å². The Bertz CT molecular complexity index is 352. The fourth-order valence-corrected chi connectivity index (χ4v) is 1.27. The first-order valence-corrected chi connectivity index (χ1v) is 6.02. The normalized spacial score (nSPS) is 10.3. The maximum atomic E-state index is 9.79. The van der Waals surface area contributed by atoms with E-state index in [1.54, 1.807) is 31.2 Å². The Morgan fingerprint density at radius 3 is 1.60 bits per heavy atom. The zero-order chi connectivity index (χ0) is 11.9. The third-order valence-corrected chi connectivity index (χ3v) is 2.32. The standard InChI is InChI=1S/C6H8N2.C3H8O3S/c7-5-1-2-6(8)4-3-5;1-2-3-7(4,5)6/h1-4H,7-8H2;2-3H2,1H3,(H,4,5,6). The molecule has 1 aromatic carbocycles. The molecule has 1 rings (SSSR count). The van der Waals surface area contributed by atoms with E-state index in [-0.39, 0.29) is 5.75 Å². The summed E-state index contributed by atoms with van der Waals surface area (Å²) in [5.74, 6) is -0.132. The largest absolute Gasteiger partial charge is 0.399 e. The highest BCUT2D eigenvalue weighted by molar-refractivity contribution is 7.85. The van der Waals surface area contributed by atoms with Crippen LogP contribution in [0.5, 0.6) is 0 Å². The van der Waals surface area contributed by atoms with Crippen LogP contribution in [0.1, 0.15) is 13.3 Å². The van der Waals surface area contributed by atoms with Crippen molar-refractivity contribution in [3.8, 4) is 0 Å². The summed E-state index contributed by atoms with van der Waals surface area (Å²) in [4.78, 5) is 0. The van der Waals surface area contributed by atoms with Crippen molar-refractivity contribution < 1.29 is 13.0 Å². The second kappa shape index (κ2) is 6.26. The van der Waals surface area contributed by atoms with Crippen LogP contribution in [0.4, 0.5) is 11.4 Å². The molecule has 5 N–H and O–H groups in total. The summed E-state index contributed by atoms with van der Waals surface area (Å²) in [5.41, 5.74) is 12.2. The van der Waals surface area contributed by atoms with E-state index in [1.165, 1.54) is 0 Å². The summed E-state index contributed by atoms with van der Waals surface area (Å²) in [5, 5.41) is 0. The van der Waals surface area contributed by atoms with E-state index in [1.807, 2.05) is 0 Å². The molecule has 5 nitrogen and oxygen atoms in total. The number of benzene rings is 1. The van der Waals surface area contributed by atoms with Gasteiger partial charge in [-0.2, -0.15) is 8.42 Å². The lowest BCUT2D eigenvalue weighted by atomic mass is 10.3. The molecular weight excluding hydrogens is 216 g/mol. The van der Waals surface area contributed by atoms with Crippen molar-refractivity contribution in [2.24, 2.45) is 0 Å². The van der Waals surface area contributed by atoms with Gasteiger partial charge in [-0.15, -0.1) is 0 Å². The van der Waals surface area contributed by atoms with Crippen LogP contribution in [0.2, 0.25) is 0 Å². The van der Waals surface area contributed by atoms with Gasteiger partial charge in [-0.1, -0.05) is 6.92 Å². The minimum atomic E-state index is -3.67. The second-order valence-electron chi connectivity index (χ2n) is 2.95. The first-order chi connectivity index (χ1) is 6.85. The summed E-state index contributed by atoms with van der Waals surface area (Å²) in [6.45, 7) is 1.69.